The molecule has 4 amide bonds. The lowest BCUT2D eigenvalue weighted by Crippen LogP contribution is -2.58. The molecule has 0 aromatic rings. The number of nitrogens with two attached hydrogens (primary N) is 2. The molecule has 0 aliphatic rings. The van der Waals surface area contributed by atoms with Crippen molar-refractivity contribution in [2.75, 3.05) is 0 Å². The molecule has 0 heterocycles. The van der Waals surface area contributed by atoms with E-state index in [1.165, 1.54) is 0 Å². The zero-order valence-corrected chi connectivity index (χ0v) is 18.8. The quantitative estimate of drug-likeness (QED) is 0.109. The van der Waals surface area contributed by atoms with Gasteiger partial charge in [0.15, 0.2) is 0 Å². The van der Waals surface area contributed by atoms with Crippen LogP contribution in [-0.2, 0) is 33.6 Å². The first kappa shape index (κ1) is 30.2. The molecule has 0 aromatic carbocycles. The molecule has 0 spiro atoms. The third-order valence-electron chi connectivity index (χ3n) is 4.60. The second-order valence-corrected chi connectivity index (χ2v) is 7.83. The summed E-state index contributed by atoms with van der Waals surface area (Å²) in [5, 5.41) is 33.3. The van der Waals surface area contributed by atoms with Crippen molar-refractivity contribution in [3.63, 3.8) is 0 Å². The minimum absolute atomic E-state index is 0.315. The Morgan fingerprint density at radius 3 is 1.53 bits per heavy atom. The van der Waals surface area contributed by atoms with Crippen molar-refractivity contribution in [2.24, 2.45) is 17.4 Å². The molecular weight excluding hydrogens is 458 g/mol. The minimum Gasteiger partial charge on any atom is -0.481 e. The van der Waals surface area contributed by atoms with Crippen molar-refractivity contribution in [3.8, 4) is 0 Å². The van der Waals surface area contributed by atoms with Crippen LogP contribution in [0.1, 0.15) is 46.0 Å². The van der Waals surface area contributed by atoms with E-state index in [1.54, 1.807) is 13.8 Å². The second kappa shape index (κ2) is 14.4. The molecule has 4 unspecified atom stereocenters. The van der Waals surface area contributed by atoms with Crippen LogP contribution in [0.3, 0.4) is 0 Å². The van der Waals surface area contributed by atoms with Gasteiger partial charge in [-0.1, -0.05) is 13.8 Å². The van der Waals surface area contributed by atoms with Crippen molar-refractivity contribution in [3.05, 3.63) is 0 Å². The number of carbonyl (C=O) groups excluding carboxylic acids is 4. The van der Waals surface area contributed by atoms with Gasteiger partial charge in [-0.2, -0.15) is 0 Å². The first-order chi connectivity index (χ1) is 15.6. The lowest BCUT2D eigenvalue weighted by atomic mass is 10.0. The summed E-state index contributed by atoms with van der Waals surface area (Å²) in [7, 11) is 0. The predicted molar refractivity (Wildman–Crippen MR) is 114 cm³/mol. The first-order valence-corrected chi connectivity index (χ1v) is 10.3. The van der Waals surface area contributed by atoms with Crippen LogP contribution in [0.25, 0.3) is 0 Å². The molecular formula is C19H31N5O10. The standard InChI is InChI=1S/C19H31N5O10/c1-8(2)15(21)18(32)24-11(7-12(20)25)17(31)22-9(3-5-13(26)27)16(30)23-10(19(33)34)4-6-14(28)29/h8-11,15H,3-7,21H2,1-2H3,(H2,20,25)(H,22,31)(H,23,30)(H,24,32)(H,26,27)(H,28,29)(H,33,34). The van der Waals surface area contributed by atoms with Crippen LogP contribution in [0.5, 0.6) is 0 Å². The van der Waals surface area contributed by atoms with E-state index in [9.17, 15) is 38.7 Å². The molecule has 0 aliphatic heterocycles. The van der Waals surface area contributed by atoms with Crippen LogP contribution in [0.2, 0.25) is 0 Å². The van der Waals surface area contributed by atoms with Gasteiger partial charge >= 0.3 is 17.9 Å². The van der Waals surface area contributed by atoms with Gasteiger partial charge in [0.1, 0.15) is 18.1 Å². The van der Waals surface area contributed by atoms with Gasteiger partial charge in [-0.3, -0.25) is 28.8 Å². The highest BCUT2D eigenvalue weighted by molar-refractivity contribution is 5.96. The van der Waals surface area contributed by atoms with Gasteiger partial charge in [-0.15, -0.1) is 0 Å². The van der Waals surface area contributed by atoms with Crippen LogP contribution >= 0.6 is 0 Å². The highest BCUT2D eigenvalue weighted by atomic mass is 16.4. The summed E-state index contributed by atoms with van der Waals surface area (Å²) in [6, 6.07) is -5.78. The lowest BCUT2D eigenvalue weighted by molar-refractivity contribution is -0.144. The summed E-state index contributed by atoms with van der Waals surface area (Å²) in [6.07, 6.45) is -2.78. The van der Waals surface area contributed by atoms with E-state index in [0.29, 0.717) is 0 Å². The van der Waals surface area contributed by atoms with Crippen LogP contribution in [-0.4, -0.2) is 81.0 Å². The van der Waals surface area contributed by atoms with Gasteiger partial charge in [-0.25, -0.2) is 4.79 Å². The Bertz CT molecular complexity index is 800. The number of carboxylic acids is 3. The molecule has 0 aliphatic carbocycles. The number of carboxylic acid groups (broad SMARTS) is 3. The maximum atomic E-state index is 12.7. The fourth-order valence-corrected chi connectivity index (χ4v) is 2.59. The van der Waals surface area contributed by atoms with E-state index in [0.717, 1.165) is 0 Å². The average Bonchev–Trinajstić information content (AvgIpc) is 2.71. The summed E-state index contributed by atoms with van der Waals surface area (Å²) in [4.78, 5) is 81.9. The largest absolute Gasteiger partial charge is 0.481 e. The molecule has 0 aromatic heterocycles. The van der Waals surface area contributed by atoms with Crippen LogP contribution in [0.15, 0.2) is 0 Å². The molecule has 0 saturated carbocycles. The Kier molecular flexibility index (Phi) is 12.8. The molecule has 0 radical (unpaired) electrons. The van der Waals surface area contributed by atoms with Gasteiger partial charge in [0.2, 0.25) is 23.6 Å². The van der Waals surface area contributed by atoms with E-state index in [1.807, 2.05) is 5.32 Å². The summed E-state index contributed by atoms with van der Waals surface area (Å²) in [5.74, 6) is -8.39. The average molecular weight is 489 g/mol. The zero-order valence-electron chi connectivity index (χ0n) is 18.8. The van der Waals surface area contributed by atoms with E-state index in [-0.39, 0.29) is 5.92 Å². The number of rotatable bonds is 16. The monoisotopic (exact) mass is 489 g/mol. The van der Waals surface area contributed by atoms with E-state index in [4.69, 9.17) is 21.7 Å². The molecule has 0 fully saturated rings. The number of hydrogen-bond acceptors (Lipinski definition) is 8. The van der Waals surface area contributed by atoms with Crippen molar-refractivity contribution >= 4 is 41.5 Å². The fourth-order valence-electron chi connectivity index (χ4n) is 2.59. The molecule has 34 heavy (non-hydrogen) atoms. The maximum absolute atomic E-state index is 12.7. The van der Waals surface area contributed by atoms with Crippen molar-refractivity contribution in [2.45, 2.75) is 70.1 Å². The summed E-state index contributed by atoms with van der Waals surface area (Å²) >= 11 is 0. The maximum Gasteiger partial charge on any atom is 0.326 e. The summed E-state index contributed by atoms with van der Waals surface area (Å²) in [5.41, 5.74) is 10.8. The number of carbonyl (C=O) groups is 7. The third-order valence-corrected chi connectivity index (χ3v) is 4.60. The smallest absolute Gasteiger partial charge is 0.326 e. The van der Waals surface area contributed by atoms with E-state index in [2.05, 4.69) is 10.6 Å². The Labute approximate surface area is 194 Å². The summed E-state index contributed by atoms with van der Waals surface area (Å²) in [6.45, 7) is 3.28. The SMILES string of the molecule is CC(C)C(N)C(=O)NC(CC(N)=O)C(=O)NC(CCC(=O)O)C(=O)NC(CCC(=O)O)C(=O)O. The highest BCUT2D eigenvalue weighted by Gasteiger charge is 2.31. The molecule has 0 rings (SSSR count). The fraction of sp³-hybridized carbons (Fsp3) is 0.632. The highest BCUT2D eigenvalue weighted by Crippen LogP contribution is 2.05. The first-order valence-electron chi connectivity index (χ1n) is 10.3. The molecule has 10 N–H and O–H groups in total. The second-order valence-electron chi connectivity index (χ2n) is 7.83. The Balaban J connectivity index is 5.61. The Morgan fingerprint density at radius 1 is 0.706 bits per heavy atom. The van der Waals surface area contributed by atoms with Crippen LogP contribution in [0, 0.1) is 5.92 Å². The van der Waals surface area contributed by atoms with Gasteiger partial charge in [-0.05, 0) is 18.8 Å². The number of nitrogens with one attached hydrogen (secondary N) is 3. The Morgan fingerprint density at radius 2 is 1.12 bits per heavy atom. The van der Waals surface area contributed by atoms with E-state index >= 15 is 0 Å². The summed E-state index contributed by atoms with van der Waals surface area (Å²) < 4.78 is 0. The molecule has 0 bridgehead atoms. The molecule has 15 heteroatoms. The molecule has 0 saturated heterocycles. The predicted octanol–water partition coefficient (Wildman–Crippen LogP) is -2.89. The third kappa shape index (κ3) is 11.8. The lowest BCUT2D eigenvalue weighted by Gasteiger charge is -2.25. The van der Waals surface area contributed by atoms with Crippen LogP contribution < -0.4 is 27.4 Å². The molecule has 4 atom stereocenters. The van der Waals surface area contributed by atoms with Crippen molar-refractivity contribution in [1.29, 1.82) is 0 Å². The van der Waals surface area contributed by atoms with Gasteiger partial charge in [0.25, 0.3) is 0 Å². The van der Waals surface area contributed by atoms with Gasteiger partial charge in [0.05, 0.1) is 12.5 Å². The van der Waals surface area contributed by atoms with E-state index < -0.39 is 97.8 Å². The van der Waals surface area contributed by atoms with Crippen molar-refractivity contribution in [1.82, 2.24) is 16.0 Å². The zero-order chi connectivity index (χ0) is 26.6. The number of aliphatic carboxylic acids is 3. The van der Waals surface area contributed by atoms with Crippen molar-refractivity contribution < 1.29 is 48.9 Å². The minimum atomic E-state index is -1.63. The Hall–Kier alpha value is -3.75. The molecule has 15 nitrogen and oxygen atoms in total. The van der Waals surface area contributed by atoms with Gasteiger partial charge < -0.3 is 42.7 Å². The number of hydrogen-bond donors (Lipinski definition) is 8. The molecule has 192 valence electrons. The normalized spacial score (nSPS) is 14.2. The number of primary amides is 1. The van der Waals surface area contributed by atoms with Crippen LogP contribution in [0.4, 0.5) is 0 Å². The van der Waals surface area contributed by atoms with Gasteiger partial charge in [0, 0.05) is 12.8 Å². The number of amides is 4. The topological polar surface area (TPSA) is 268 Å².